The summed E-state index contributed by atoms with van der Waals surface area (Å²) < 4.78 is 22.6. The van der Waals surface area contributed by atoms with Gasteiger partial charge in [0, 0.05) is 6.42 Å². The first-order chi connectivity index (χ1) is 25.6. The Morgan fingerprint density at radius 2 is 1.20 bits per heavy atom. The highest BCUT2D eigenvalue weighted by Gasteiger charge is 2.60. The summed E-state index contributed by atoms with van der Waals surface area (Å²) in [5.41, 5.74) is -2.38. The van der Waals surface area contributed by atoms with Crippen LogP contribution in [0.15, 0.2) is 12.2 Å². The Morgan fingerprint density at radius 3 is 1.69 bits per heavy atom. The van der Waals surface area contributed by atoms with Crippen LogP contribution in [0.3, 0.4) is 0 Å². The maximum atomic E-state index is 12.5. The maximum absolute atomic E-state index is 12.5. The molecule has 5 atom stereocenters. The van der Waals surface area contributed by atoms with E-state index in [2.05, 4.69) is 13.8 Å². The molecule has 55 heavy (non-hydrogen) atoms. The number of esters is 4. The minimum absolute atomic E-state index is 0.0185. The molecular formula is C46H72O9. The molecule has 1 aliphatic heterocycles. The van der Waals surface area contributed by atoms with E-state index in [1.807, 2.05) is 67.5 Å². The van der Waals surface area contributed by atoms with Crippen molar-refractivity contribution in [2.45, 2.75) is 195 Å². The normalized spacial score (nSPS) is 40.3. The van der Waals surface area contributed by atoms with Gasteiger partial charge in [0.15, 0.2) is 0 Å². The second-order valence-corrected chi connectivity index (χ2v) is 21.4. The molecule has 0 amide bonds. The van der Waals surface area contributed by atoms with Gasteiger partial charge in [-0.3, -0.25) is 14.4 Å². The van der Waals surface area contributed by atoms with Crippen LogP contribution in [-0.2, 0) is 38.1 Å². The van der Waals surface area contributed by atoms with Crippen LogP contribution in [0.25, 0.3) is 0 Å². The quantitative estimate of drug-likeness (QED) is 0.139. The molecule has 5 unspecified atom stereocenters. The molecule has 9 fully saturated rings. The Kier molecular flexibility index (Phi) is 11.6. The van der Waals surface area contributed by atoms with Gasteiger partial charge in [-0.25, -0.2) is 4.79 Å². The third-order valence-electron chi connectivity index (χ3n) is 15.9. The summed E-state index contributed by atoms with van der Waals surface area (Å²) in [6, 6.07) is 0. The average Bonchev–Trinajstić information content (AvgIpc) is 3.67. The van der Waals surface area contributed by atoms with Crippen molar-refractivity contribution in [1.29, 1.82) is 0 Å². The Morgan fingerprint density at radius 1 is 0.727 bits per heavy atom. The van der Waals surface area contributed by atoms with Gasteiger partial charge in [0.25, 0.3) is 0 Å². The number of ether oxygens (including phenoxy) is 4. The van der Waals surface area contributed by atoms with Gasteiger partial charge < -0.3 is 24.1 Å². The fourth-order valence-corrected chi connectivity index (χ4v) is 11.5. The summed E-state index contributed by atoms with van der Waals surface area (Å²) in [6.45, 7) is 19.8. The largest absolute Gasteiger partial charge is 0.459 e. The molecule has 10 aliphatic rings. The lowest BCUT2D eigenvalue weighted by atomic mass is 9.50. The van der Waals surface area contributed by atoms with Gasteiger partial charge >= 0.3 is 23.9 Å². The molecule has 9 aliphatic carbocycles. The first kappa shape index (κ1) is 42.2. The van der Waals surface area contributed by atoms with E-state index >= 15 is 0 Å². The molecule has 1 N–H and O–H groups in total. The van der Waals surface area contributed by atoms with Crippen molar-refractivity contribution < 1.29 is 43.2 Å². The zero-order chi connectivity index (χ0) is 40.4. The first-order valence-electron chi connectivity index (χ1n) is 21.8. The van der Waals surface area contributed by atoms with Crippen molar-refractivity contribution in [3.63, 3.8) is 0 Å². The number of carbonyl (C=O) groups excluding carboxylic acids is 4. The number of hydrogen-bond donors (Lipinski definition) is 1. The molecule has 0 aromatic rings. The summed E-state index contributed by atoms with van der Waals surface area (Å²) in [6.07, 6.45) is 18.2. The molecule has 8 bridgehead atoms. The van der Waals surface area contributed by atoms with E-state index in [0.717, 1.165) is 56.8 Å². The van der Waals surface area contributed by atoms with Crippen LogP contribution < -0.4 is 0 Å². The van der Waals surface area contributed by atoms with Gasteiger partial charge in [-0.2, -0.15) is 0 Å². The summed E-state index contributed by atoms with van der Waals surface area (Å²) in [4.78, 5) is 48.4. The highest BCUT2D eigenvalue weighted by molar-refractivity contribution is 5.84. The molecular weight excluding hydrogens is 696 g/mol. The van der Waals surface area contributed by atoms with E-state index in [-0.39, 0.29) is 46.5 Å². The van der Waals surface area contributed by atoms with Crippen LogP contribution in [0.4, 0.5) is 0 Å². The fourth-order valence-electron chi connectivity index (χ4n) is 11.5. The summed E-state index contributed by atoms with van der Waals surface area (Å²) in [5.74, 6) is 3.39. The third-order valence-corrected chi connectivity index (χ3v) is 15.9. The molecule has 1 saturated heterocycles. The molecule has 10 rings (SSSR count). The van der Waals surface area contributed by atoms with Gasteiger partial charge in [-0.05, 0) is 180 Å². The second-order valence-electron chi connectivity index (χ2n) is 21.4. The molecule has 9 nitrogen and oxygen atoms in total. The van der Waals surface area contributed by atoms with Crippen LogP contribution in [0.2, 0.25) is 0 Å². The highest BCUT2D eigenvalue weighted by atomic mass is 16.6. The molecule has 0 aromatic heterocycles. The minimum Gasteiger partial charge on any atom is -0.459 e. The topological polar surface area (TPSA) is 125 Å². The number of fused-ring (bicyclic) bond motifs is 1. The van der Waals surface area contributed by atoms with Crippen molar-refractivity contribution in [3.05, 3.63) is 12.2 Å². The molecule has 1 heterocycles. The zero-order valence-corrected chi connectivity index (χ0v) is 35.7. The van der Waals surface area contributed by atoms with E-state index in [1.165, 1.54) is 38.5 Å². The summed E-state index contributed by atoms with van der Waals surface area (Å²) in [7, 11) is 0. The van der Waals surface area contributed by atoms with Crippen molar-refractivity contribution in [1.82, 2.24) is 0 Å². The van der Waals surface area contributed by atoms with Crippen LogP contribution in [0.5, 0.6) is 0 Å². The standard InChI is InChI=1S/C17H28O2.C16H26O3.C13H18O4/c1-5-16(2,3)15(18)19-17(4)13-7-11-6-12(9-13)10-14(17)8-11;1-4-14(2,3)13(17)19-16-8-11-5-12(9-16)7-15(18,6-11)10-16;1-4-13(2,3)12(15)17-10-8-6-5-7-9(8)16-11(10)14/h11-14H,5-10H2,1-4H3;11-12,18H,4-10H2,1-3H3;5,7-10H,4,6H2,1-3H3. The second kappa shape index (κ2) is 15.1. The van der Waals surface area contributed by atoms with E-state index in [9.17, 15) is 24.3 Å². The van der Waals surface area contributed by atoms with Crippen molar-refractivity contribution in [2.75, 3.05) is 0 Å². The summed E-state index contributed by atoms with van der Waals surface area (Å²) >= 11 is 0. The lowest BCUT2D eigenvalue weighted by Gasteiger charge is -2.59. The maximum Gasteiger partial charge on any atom is 0.348 e. The number of rotatable bonds is 9. The minimum atomic E-state index is -0.728. The number of carbonyl (C=O) groups is 4. The van der Waals surface area contributed by atoms with Gasteiger partial charge in [-0.15, -0.1) is 0 Å². The molecule has 8 saturated carbocycles. The number of aliphatic hydroxyl groups is 1. The Bertz CT molecular complexity index is 1460. The molecule has 310 valence electrons. The zero-order valence-electron chi connectivity index (χ0n) is 35.7. The van der Waals surface area contributed by atoms with E-state index in [1.54, 1.807) is 0 Å². The van der Waals surface area contributed by atoms with Crippen LogP contribution in [0, 0.1) is 57.7 Å². The van der Waals surface area contributed by atoms with Gasteiger partial charge in [-0.1, -0.05) is 26.8 Å². The number of allylic oxidation sites excluding steroid dienone is 1. The molecule has 0 aromatic carbocycles. The number of hydrogen-bond acceptors (Lipinski definition) is 9. The van der Waals surface area contributed by atoms with E-state index in [4.69, 9.17) is 18.9 Å². The van der Waals surface area contributed by atoms with Gasteiger partial charge in [0.1, 0.15) is 17.3 Å². The van der Waals surface area contributed by atoms with Gasteiger partial charge in [0.2, 0.25) is 6.10 Å². The lowest BCUT2D eigenvalue weighted by molar-refractivity contribution is -0.225. The predicted molar refractivity (Wildman–Crippen MR) is 209 cm³/mol. The lowest BCUT2D eigenvalue weighted by Crippen LogP contribution is -2.61. The third kappa shape index (κ3) is 8.44. The molecule has 9 heteroatoms. The molecule has 0 spiro atoms. The Balaban J connectivity index is 0.000000141. The summed E-state index contributed by atoms with van der Waals surface area (Å²) in [5, 5.41) is 10.6. The predicted octanol–water partition coefficient (Wildman–Crippen LogP) is 9.07. The fraction of sp³-hybridized carbons (Fsp3) is 0.870. The van der Waals surface area contributed by atoms with Crippen LogP contribution in [-0.4, -0.2) is 58.0 Å². The smallest absolute Gasteiger partial charge is 0.348 e. The SMILES string of the molecule is CCC(C)(C)C(=O)OC1(C)C2CC3CC(C2)CC1C3.CCC(C)(C)C(=O)OC12CC3CC(CC(O)(C3)C1)C2.CCC(C)(C)C(=O)OC1C(=O)OC2C=CCC21. The molecule has 0 radical (unpaired) electrons. The van der Waals surface area contributed by atoms with Gasteiger partial charge in [0.05, 0.1) is 27.8 Å². The Hall–Kier alpha value is -2.42. The van der Waals surface area contributed by atoms with Crippen molar-refractivity contribution in [2.24, 2.45) is 57.7 Å². The highest BCUT2D eigenvalue weighted by Crippen LogP contribution is 2.61. The van der Waals surface area contributed by atoms with Crippen LogP contribution >= 0.6 is 0 Å². The van der Waals surface area contributed by atoms with E-state index in [0.29, 0.717) is 36.5 Å². The monoisotopic (exact) mass is 769 g/mol. The van der Waals surface area contributed by atoms with Crippen LogP contribution in [0.1, 0.15) is 166 Å². The van der Waals surface area contributed by atoms with Crippen molar-refractivity contribution >= 4 is 23.9 Å². The first-order valence-corrected chi connectivity index (χ1v) is 21.8. The van der Waals surface area contributed by atoms with E-state index < -0.39 is 28.5 Å². The average molecular weight is 769 g/mol. The Labute approximate surface area is 330 Å². The van der Waals surface area contributed by atoms with Crippen molar-refractivity contribution in [3.8, 4) is 0 Å².